The molecule has 0 fully saturated rings. The predicted molar refractivity (Wildman–Crippen MR) is 140 cm³/mol. The number of primary amides is 1. The fourth-order valence-electron chi connectivity index (χ4n) is 4.23. The maximum absolute atomic E-state index is 11.3. The number of carbonyl (C=O) groups excluding carboxylic acids is 1. The molecule has 0 aliphatic rings. The molecule has 4 nitrogen and oxygen atoms in total. The van der Waals surface area contributed by atoms with Crippen LogP contribution in [-0.2, 0) is 11.2 Å². The zero-order chi connectivity index (χ0) is 23.4. The molecule has 0 bridgehead atoms. The van der Waals surface area contributed by atoms with Crippen molar-refractivity contribution in [3.05, 3.63) is 61.3 Å². The molecule has 0 saturated carbocycles. The van der Waals surface area contributed by atoms with Crippen molar-refractivity contribution in [2.75, 3.05) is 0 Å². The Kier molecular flexibility index (Phi) is 6.03. The largest absolute Gasteiger partial charge is 0.506 e. The monoisotopic (exact) mass is 575 g/mol. The number of hydrogen-bond acceptors (Lipinski definition) is 4. The van der Waals surface area contributed by atoms with Gasteiger partial charge in [-0.2, -0.15) is 0 Å². The van der Waals surface area contributed by atoms with Crippen LogP contribution in [0.2, 0.25) is 0 Å². The van der Waals surface area contributed by atoms with E-state index in [0.29, 0.717) is 16.5 Å². The summed E-state index contributed by atoms with van der Waals surface area (Å²) in [6.45, 7) is 7.84. The van der Waals surface area contributed by atoms with Gasteiger partial charge in [0.1, 0.15) is 11.4 Å². The van der Waals surface area contributed by atoms with Gasteiger partial charge in [0.2, 0.25) is 0 Å². The number of fused-ring (bicyclic) bond motifs is 2. The lowest BCUT2D eigenvalue weighted by atomic mass is 9.90. The Balaban J connectivity index is 2.04. The highest BCUT2D eigenvalue weighted by Crippen LogP contribution is 2.48. The van der Waals surface area contributed by atoms with Crippen LogP contribution in [0, 0.1) is 13.8 Å². The van der Waals surface area contributed by atoms with Crippen molar-refractivity contribution in [1.29, 1.82) is 0 Å². The van der Waals surface area contributed by atoms with Crippen molar-refractivity contribution < 1.29 is 14.6 Å². The van der Waals surface area contributed by atoms with Crippen LogP contribution in [0.4, 0.5) is 4.79 Å². The number of nitrogens with two attached hydrogens (primary N) is 1. The van der Waals surface area contributed by atoms with Crippen molar-refractivity contribution in [3.8, 4) is 16.9 Å². The van der Waals surface area contributed by atoms with E-state index in [1.807, 2.05) is 24.3 Å². The summed E-state index contributed by atoms with van der Waals surface area (Å²) in [5.41, 5.74) is 8.39. The maximum atomic E-state index is 11.3. The van der Waals surface area contributed by atoms with Crippen molar-refractivity contribution in [1.82, 2.24) is 0 Å². The molecule has 0 aliphatic carbocycles. The normalized spacial score (nSPS) is 11.9. The fraction of sp³-hybridized carbons (Fsp3) is 0.240. The molecule has 1 heterocycles. The van der Waals surface area contributed by atoms with Crippen molar-refractivity contribution in [2.45, 2.75) is 39.7 Å². The Morgan fingerprint density at radius 3 is 2.47 bits per heavy atom. The van der Waals surface area contributed by atoms with Gasteiger partial charge in [0.05, 0.1) is 9.17 Å². The van der Waals surface area contributed by atoms with Gasteiger partial charge in [0, 0.05) is 21.2 Å². The molecular weight excluding hydrogens is 554 g/mol. The number of hydrogen-bond donors (Lipinski definition) is 2. The number of carbonyl (C=O) groups is 1. The number of phenolic OH excluding ortho intramolecular Hbond substituents is 1. The number of amides is 1. The molecule has 0 aliphatic heterocycles. The second-order valence-corrected chi connectivity index (χ2v) is 11.4. The minimum atomic E-state index is -0.868. The summed E-state index contributed by atoms with van der Waals surface area (Å²) in [5.74, 6) is 0.130. The molecule has 0 atom stereocenters. The molecule has 0 unspecified atom stereocenters. The molecule has 3 aromatic carbocycles. The Labute approximate surface area is 207 Å². The second kappa shape index (κ2) is 8.36. The lowest BCUT2D eigenvalue weighted by molar-refractivity contribution is 0.0456. The molecule has 32 heavy (non-hydrogen) atoms. The molecule has 1 aromatic heterocycles. The Morgan fingerprint density at radius 1 is 1.16 bits per heavy atom. The van der Waals surface area contributed by atoms with Crippen molar-refractivity contribution in [2.24, 2.45) is 5.73 Å². The maximum Gasteiger partial charge on any atom is 0.405 e. The zero-order valence-electron chi connectivity index (χ0n) is 18.2. The van der Waals surface area contributed by atoms with Gasteiger partial charge in [-0.3, -0.25) is 0 Å². The number of benzene rings is 3. The highest BCUT2D eigenvalue weighted by Gasteiger charge is 2.26. The summed E-state index contributed by atoms with van der Waals surface area (Å²) in [7, 11) is 0. The lowest BCUT2D eigenvalue weighted by Gasteiger charge is -2.25. The van der Waals surface area contributed by atoms with E-state index < -0.39 is 11.7 Å². The smallest absolute Gasteiger partial charge is 0.405 e. The Morgan fingerprint density at radius 2 is 1.81 bits per heavy atom. The van der Waals surface area contributed by atoms with E-state index in [0.717, 1.165) is 26.4 Å². The number of halogens is 2. The van der Waals surface area contributed by atoms with Gasteiger partial charge in [-0.05, 0) is 105 Å². The third-order valence-corrected chi connectivity index (χ3v) is 8.61. The number of rotatable bonds is 4. The average molecular weight is 577 g/mol. The molecule has 1 amide bonds. The number of aryl methyl sites for hydroxylation is 2. The number of phenols is 1. The predicted octanol–water partition coefficient (Wildman–Crippen LogP) is 7.99. The minimum Gasteiger partial charge on any atom is -0.506 e. The van der Waals surface area contributed by atoms with E-state index in [1.54, 1.807) is 25.2 Å². The number of aromatic hydroxyl groups is 1. The minimum absolute atomic E-state index is 0.130. The standard InChI is InChI=1S/C25H23Br2NO3S/c1-12-13(2)32-23-19(12)20(16-7-5-6-8-17(16)21(23)27)14-9-15(22(29)18(26)10-14)11-25(3,4)31-24(28)30/h5-10,29H,11H2,1-4H3,(H2,28,30). The van der Waals surface area contributed by atoms with Crippen LogP contribution in [-0.4, -0.2) is 16.8 Å². The van der Waals surface area contributed by atoms with Crippen LogP contribution in [0.1, 0.15) is 29.9 Å². The average Bonchev–Trinajstić information content (AvgIpc) is 3.00. The first kappa shape index (κ1) is 23.1. The van der Waals surface area contributed by atoms with Gasteiger partial charge < -0.3 is 15.6 Å². The van der Waals surface area contributed by atoms with Crippen LogP contribution in [0.5, 0.6) is 5.75 Å². The topological polar surface area (TPSA) is 72.6 Å². The molecule has 0 spiro atoms. The van der Waals surface area contributed by atoms with Crippen LogP contribution >= 0.6 is 43.2 Å². The van der Waals surface area contributed by atoms with Crippen LogP contribution in [0.15, 0.2) is 45.3 Å². The SMILES string of the molecule is Cc1sc2c(Br)c3ccccc3c(-c3cc(Br)c(O)c(CC(C)(C)OC(N)=O)c3)c2c1C. The van der Waals surface area contributed by atoms with Gasteiger partial charge in [-0.1, -0.05) is 24.3 Å². The summed E-state index contributed by atoms with van der Waals surface area (Å²) in [6, 6.07) is 12.3. The first-order valence-corrected chi connectivity index (χ1v) is 12.5. The van der Waals surface area contributed by atoms with E-state index in [-0.39, 0.29) is 5.75 Å². The zero-order valence-corrected chi connectivity index (χ0v) is 22.2. The number of thiophene rings is 1. The van der Waals surface area contributed by atoms with Gasteiger partial charge >= 0.3 is 6.09 Å². The Hall–Kier alpha value is -2.09. The summed E-state index contributed by atoms with van der Waals surface area (Å²) in [4.78, 5) is 12.6. The van der Waals surface area contributed by atoms with Crippen molar-refractivity contribution >= 4 is 70.1 Å². The molecule has 0 radical (unpaired) electrons. The molecule has 7 heteroatoms. The lowest BCUT2D eigenvalue weighted by Crippen LogP contribution is -2.33. The van der Waals surface area contributed by atoms with Crippen LogP contribution in [0.25, 0.3) is 32.0 Å². The quantitative estimate of drug-likeness (QED) is 0.258. The summed E-state index contributed by atoms with van der Waals surface area (Å²) >= 11 is 9.15. The first-order chi connectivity index (χ1) is 15.0. The highest BCUT2D eigenvalue weighted by atomic mass is 79.9. The van der Waals surface area contributed by atoms with Gasteiger partial charge in [0.15, 0.2) is 0 Å². The fourth-order valence-corrected chi connectivity index (χ4v) is 6.64. The number of ether oxygens (including phenoxy) is 1. The third-order valence-electron chi connectivity index (χ3n) is 5.69. The molecule has 0 saturated heterocycles. The highest BCUT2D eigenvalue weighted by molar-refractivity contribution is 9.11. The van der Waals surface area contributed by atoms with Crippen molar-refractivity contribution in [3.63, 3.8) is 0 Å². The van der Waals surface area contributed by atoms with E-state index in [4.69, 9.17) is 10.5 Å². The molecule has 166 valence electrons. The first-order valence-electron chi connectivity index (χ1n) is 10.1. The molecule has 3 N–H and O–H groups in total. The van der Waals surface area contributed by atoms with Crippen LogP contribution in [0.3, 0.4) is 0 Å². The van der Waals surface area contributed by atoms with Crippen LogP contribution < -0.4 is 5.73 Å². The van der Waals surface area contributed by atoms with Gasteiger partial charge in [-0.15, -0.1) is 11.3 Å². The summed E-state index contributed by atoms with van der Waals surface area (Å²) in [6.07, 6.45) is -0.525. The second-order valence-electron chi connectivity index (χ2n) is 8.55. The Bertz CT molecular complexity index is 1390. The van der Waals surface area contributed by atoms with E-state index in [2.05, 4.69) is 57.8 Å². The van der Waals surface area contributed by atoms with E-state index in [9.17, 15) is 9.90 Å². The van der Waals surface area contributed by atoms with E-state index in [1.165, 1.54) is 20.5 Å². The third kappa shape index (κ3) is 4.02. The van der Waals surface area contributed by atoms with E-state index >= 15 is 0 Å². The van der Waals surface area contributed by atoms with Gasteiger partial charge in [0.25, 0.3) is 0 Å². The molecule has 4 rings (SSSR count). The summed E-state index contributed by atoms with van der Waals surface area (Å²) in [5, 5.41) is 14.2. The summed E-state index contributed by atoms with van der Waals surface area (Å²) < 4.78 is 8.16. The molecular formula is C25H23Br2NO3S. The van der Waals surface area contributed by atoms with Gasteiger partial charge in [-0.25, -0.2) is 4.79 Å². The molecule has 4 aromatic rings.